The summed E-state index contributed by atoms with van der Waals surface area (Å²) in [6.45, 7) is 7.38. The van der Waals surface area contributed by atoms with E-state index in [4.69, 9.17) is 9.47 Å². The lowest BCUT2D eigenvalue weighted by molar-refractivity contribution is -0.385. The molecule has 130 valence electrons. The van der Waals surface area contributed by atoms with E-state index >= 15 is 0 Å². The summed E-state index contributed by atoms with van der Waals surface area (Å²) in [4.78, 5) is 30.4. The van der Waals surface area contributed by atoms with Gasteiger partial charge in [-0.15, -0.1) is 0 Å². The lowest BCUT2D eigenvalue weighted by Gasteiger charge is -2.44. The lowest BCUT2D eigenvalue weighted by Crippen LogP contribution is -2.59. The van der Waals surface area contributed by atoms with Gasteiger partial charge in [0.15, 0.2) is 11.6 Å². The molecule has 1 aromatic heterocycles. The van der Waals surface area contributed by atoms with Crippen LogP contribution in [0.4, 0.5) is 16.3 Å². The maximum absolute atomic E-state index is 12.2. The molecule has 1 atom stereocenters. The lowest BCUT2D eigenvalue weighted by atomic mass is 10.1. The molecule has 1 unspecified atom stereocenters. The second-order valence-corrected chi connectivity index (χ2v) is 6.86. The average molecular weight is 336 g/mol. The van der Waals surface area contributed by atoms with Crippen LogP contribution < -0.4 is 9.64 Å². The van der Waals surface area contributed by atoms with E-state index in [0.29, 0.717) is 37.8 Å². The topological polar surface area (TPSA) is 98.0 Å². The Kier molecular flexibility index (Phi) is 3.94. The molecule has 24 heavy (non-hydrogen) atoms. The third kappa shape index (κ3) is 3.19. The first-order valence-corrected chi connectivity index (χ1v) is 7.76. The van der Waals surface area contributed by atoms with Crippen molar-refractivity contribution in [1.82, 2.24) is 9.88 Å². The molecule has 3 heterocycles. The molecule has 1 saturated heterocycles. The Morgan fingerprint density at radius 2 is 2.21 bits per heavy atom. The number of rotatable bonds is 1. The first-order chi connectivity index (χ1) is 11.2. The highest BCUT2D eigenvalue weighted by Gasteiger charge is 2.37. The van der Waals surface area contributed by atoms with Crippen molar-refractivity contribution in [3.8, 4) is 5.75 Å². The van der Waals surface area contributed by atoms with Gasteiger partial charge in [0.2, 0.25) is 0 Å². The highest BCUT2D eigenvalue weighted by atomic mass is 16.6. The van der Waals surface area contributed by atoms with Crippen LogP contribution in [0, 0.1) is 10.1 Å². The molecule has 0 N–H and O–H groups in total. The molecule has 9 nitrogen and oxygen atoms in total. The van der Waals surface area contributed by atoms with Gasteiger partial charge in [0.25, 0.3) is 5.69 Å². The van der Waals surface area contributed by atoms with Crippen LogP contribution in [0.3, 0.4) is 0 Å². The highest BCUT2D eigenvalue weighted by Crippen LogP contribution is 2.35. The molecule has 3 rings (SSSR count). The van der Waals surface area contributed by atoms with E-state index < -0.39 is 10.5 Å². The fraction of sp³-hybridized carbons (Fsp3) is 0.600. The summed E-state index contributed by atoms with van der Waals surface area (Å²) in [6.07, 6.45) is 0.884. The number of ether oxygens (including phenoxy) is 2. The van der Waals surface area contributed by atoms with Gasteiger partial charge in [0.1, 0.15) is 18.4 Å². The smallest absolute Gasteiger partial charge is 0.410 e. The molecule has 0 saturated carbocycles. The third-order valence-electron chi connectivity index (χ3n) is 3.87. The number of anilines is 1. The Hall–Kier alpha value is -2.58. The summed E-state index contributed by atoms with van der Waals surface area (Å²) in [6, 6.07) is 1.34. The van der Waals surface area contributed by atoms with Crippen molar-refractivity contribution in [2.75, 3.05) is 31.1 Å². The quantitative estimate of drug-likeness (QED) is 0.569. The Morgan fingerprint density at radius 1 is 1.46 bits per heavy atom. The standard InChI is InChI=1S/C15H20N4O5/c1-15(2,3)24-14(20)17-4-5-18-11(8-17)9-23-12-6-10(19(21)22)7-16-13(12)18/h6-7,11H,4-5,8-9H2,1-3H3. The molecule has 1 fully saturated rings. The van der Waals surface area contributed by atoms with Crippen molar-refractivity contribution in [3.63, 3.8) is 0 Å². The van der Waals surface area contributed by atoms with Gasteiger partial charge in [0, 0.05) is 19.6 Å². The Labute approximate surface area is 139 Å². The third-order valence-corrected chi connectivity index (χ3v) is 3.87. The van der Waals surface area contributed by atoms with Crippen molar-refractivity contribution in [2.45, 2.75) is 32.4 Å². The molecular weight excluding hydrogens is 316 g/mol. The first kappa shape index (κ1) is 16.3. The number of carbonyl (C=O) groups is 1. The van der Waals surface area contributed by atoms with Gasteiger partial charge in [-0.25, -0.2) is 9.78 Å². The van der Waals surface area contributed by atoms with Crippen molar-refractivity contribution >= 4 is 17.6 Å². The van der Waals surface area contributed by atoms with Gasteiger partial charge in [-0.3, -0.25) is 10.1 Å². The predicted molar refractivity (Wildman–Crippen MR) is 85.3 cm³/mol. The maximum atomic E-state index is 12.2. The number of nitro groups is 1. The summed E-state index contributed by atoms with van der Waals surface area (Å²) < 4.78 is 11.0. The number of piperazine rings is 1. The summed E-state index contributed by atoms with van der Waals surface area (Å²) >= 11 is 0. The number of hydrogen-bond acceptors (Lipinski definition) is 7. The zero-order chi connectivity index (χ0) is 17.5. The molecule has 1 amide bonds. The van der Waals surface area contributed by atoms with E-state index in [2.05, 4.69) is 4.98 Å². The van der Waals surface area contributed by atoms with Crippen LogP contribution in [-0.4, -0.2) is 58.8 Å². The first-order valence-electron chi connectivity index (χ1n) is 7.76. The minimum Gasteiger partial charge on any atom is -0.487 e. The van der Waals surface area contributed by atoms with Crippen LogP contribution in [0.1, 0.15) is 20.8 Å². The van der Waals surface area contributed by atoms with Crippen LogP contribution in [0.25, 0.3) is 0 Å². The molecule has 0 bridgehead atoms. The summed E-state index contributed by atoms with van der Waals surface area (Å²) in [5, 5.41) is 10.8. The van der Waals surface area contributed by atoms with E-state index in [1.54, 1.807) is 4.90 Å². The zero-order valence-corrected chi connectivity index (χ0v) is 13.9. The normalized spacial score (nSPS) is 19.9. The number of nitrogens with zero attached hydrogens (tertiary/aromatic N) is 4. The SMILES string of the molecule is CC(C)(C)OC(=O)N1CCN2c3ncc([N+](=O)[O-])cc3OCC2C1. The van der Waals surface area contributed by atoms with Gasteiger partial charge in [-0.2, -0.15) is 0 Å². The van der Waals surface area contributed by atoms with Gasteiger partial charge in [-0.1, -0.05) is 0 Å². The molecular formula is C15H20N4O5. The van der Waals surface area contributed by atoms with Gasteiger partial charge < -0.3 is 19.3 Å². The largest absolute Gasteiger partial charge is 0.487 e. The van der Waals surface area contributed by atoms with Crippen LogP contribution in [0.2, 0.25) is 0 Å². The monoisotopic (exact) mass is 336 g/mol. The number of aromatic nitrogens is 1. The number of pyridine rings is 1. The predicted octanol–water partition coefficient (Wildman–Crippen LogP) is 1.81. The molecule has 1 aromatic rings. The number of amides is 1. The Morgan fingerprint density at radius 3 is 2.88 bits per heavy atom. The van der Waals surface area contributed by atoms with Gasteiger partial charge in [-0.05, 0) is 20.8 Å². The van der Waals surface area contributed by atoms with E-state index in [0.717, 1.165) is 0 Å². The van der Waals surface area contributed by atoms with Crippen LogP contribution in [0.5, 0.6) is 5.75 Å². The molecule has 0 radical (unpaired) electrons. The number of hydrogen-bond donors (Lipinski definition) is 0. The van der Waals surface area contributed by atoms with Crippen LogP contribution in [-0.2, 0) is 4.74 Å². The molecule has 2 aliphatic heterocycles. The average Bonchev–Trinajstić information content (AvgIpc) is 2.51. The van der Waals surface area contributed by atoms with E-state index in [-0.39, 0.29) is 17.8 Å². The fourth-order valence-electron chi connectivity index (χ4n) is 2.80. The Balaban J connectivity index is 1.73. The summed E-state index contributed by atoms with van der Waals surface area (Å²) in [5.74, 6) is 0.992. The number of carbonyl (C=O) groups excluding carboxylic acids is 1. The van der Waals surface area contributed by atoms with Gasteiger partial charge in [0.05, 0.1) is 17.0 Å². The van der Waals surface area contributed by atoms with Crippen molar-refractivity contribution in [1.29, 1.82) is 0 Å². The van der Waals surface area contributed by atoms with Crippen LogP contribution >= 0.6 is 0 Å². The molecule has 9 heteroatoms. The molecule has 0 spiro atoms. The second-order valence-electron chi connectivity index (χ2n) is 6.86. The molecule has 0 aromatic carbocycles. The fourth-order valence-corrected chi connectivity index (χ4v) is 2.80. The molecule has 0 aliphatic carbocycles. The molecule has 2 aliphatic rings. The summed E-state index contributed by atoms with van der Waals surface area (Å²) in [5.41, 5.74) is -0.635. The minimum absolute atomic E-state index is 0.0484. The summed E-state index contributed by atoms with van der Waals surface area (Å²) in [7, 11) is 0. The Bertz CT molecular complexity index is 672. The van der Waals surface area contributed by atoms with E-state index in [1.807, 2.05) is 25.7 Å². The number of fused-ring (bicyclic) bond motifs is 3. The van der Waals surface area contributed by atoms with Crippen LogP contribution in [0.15, 0.2) is 12.3 Å². The van der Waals surface area contributed by atoms with Crippen molar-refractivity contribution < 1.29 is 19.2 Å². The maximum Gasteiger partial charge on any atom is 0.410 e. The second kappa shape index (κ2) is 5.81. The zero-order valence-electron chi connectivity index (χ0n) is 13.9. The van der Waals surface area contributed by atoms with E-state index in [1.165, 1.54) is 12.3 Å². The highest BCUT2D eigenvalue weighted by molar-refractivity contribution is 5.69. The van der Waals surface area contributed by atoms with Crippen molar-refractivity contribution in [2.24, 2.45) is 0 Å². The van der Waals surface area contributed by atoms with E-state index in [9.17, 15) is 14.9 Å². The van der Waals surface area contributed by atoms with Crippen molar-refractivity contribution in [3.05, 3.63) is 22.4 Å². The van der Waals surface area contributed by atoms with Gasteiger partial charge >= 0.3 is 6.09 Å². The minimum atomic E-state index is -0.537.